The number of Topliss-reactive ketones (excluding diaryl/α,β-unsaturated/α-hetero) is 1. The van der Waals surface area contributed by atoms with E-state index in [9.17, 15) is 14.7 Å². The first kappa shape index (κ1) is 24.5. The second-order valence-corrected chi connectivity index (χ2v) is 8.71. The van der Waals surface area contributed by atoms with E-state index < -0.39 is 17.7 Å². The lowest BCUT2D eigenvalue weighted by atomic mass is 9.94. The van der Waals surface area contributed by atoms with Crippen LogP contribution in [0.25, 0.3) is 16.5 Å². The van der Waals surface area contributed by atoms with Crippen molar-refractivity contribution in [3.05, 3.63) is 83.4 Å². The molecule has 4 rings (SSSR count). The largest absolute Gasteiger partial charge is 0.507 e. The van der Waals surface area contributed by atoms with Crippen molar-refractivity contribution in [1.29, 1.82) is 0 Å². The first-order valence-electron chi connectivity index (χ1n) is 12.1. The van der Waals surface area contributed by atoms with Crippen LogP contribution in [0.5, 0.6) is 5.75 Å². The van der Waals surface area contributed by atoms with E-state index >= 15 is 0 Å². The van der Waals surface area contributed by atoms with Gasteiger partial charge in [-0.2, -0.15) is 0 Å². The van der Waals surface area contributed by atoms with Crippen molar-refractivity contribution in [1.82, 2.24) is 9.80 Å². The van der Waals surface area contributed by atoms with E-state index in [0.29, 0.717) is 12.1 Å². The van der Waals surface area contributed by atoms with Crippen LogP contribution in [0, 0.1) is 0 Å². The van der Waals surface area contributed by atoms with Crippen molar-refractivity contribution >= 4 is 28.2 Å². The summed E-state index contributed by atoms with van der Waals surface area (Å²) >= 11 is 0. The van der Waals surface area contributed by atoms with Gasteiger partial charge in [0.05, 0.1) is 18.7 Å². The number of aliphatic hydroxyl groups is 1. The third-order valence-electron chi connectivity index (χ3n) is 6.74. The molecule has 0 aliphatic carbocycles. The number of rotatable bonds is 9. The molecule has 6 nitrogen and oxygen atoms in total. The normalized spacial score (nSPS) is 17.5. The molecule has 1 unspecified atom stereocenters. The van der Waals surface area contributed by atoms with Gasteiger partial charge in [0.2, 0.25) is 0 Å². The van der Waals surface area contributed by atoms with Crippen molar-refractivity contribution in [3.63, 3.8) is 0 Å². The van der Waals surface area contributed by atoms with Crippen LogP contribution < -0.4 is 4.74 Å². The number of amides is 1. The molecule has 1 atom stereocenters. The summed E-state index contributed by atoms with van der Waals surface area (Å²) < 4.78 is 5.29. The molecule has 35 heavy (non-hydrogen) atoms. The Morgan fingerprint density at radius 1 is 0.971 bits per heavy atom. The number of hydrogen-bond acceptors (Lipinski definition) is 5. The molecule has 0 spiro atoms. The lowest BCUT2D eigenvalue weighted by Gasteiger charge is -2.26. The topological polar surface area (TPSA) is 70.1 Å². The highest BCUT2D eigenvalue weighted by Crippen LogP contribution is 2.39. The summed E-state index contributed by atoms with van der Waals surface area (Å²) in [5.41, 5.74) is 1.45. The molecule has 0 saturated carbocycles. The van der Waals surface area contributed by atoms with Crippen LogP contribution in [0.4, 0.5) is 0 Å². The molecule has 1 saturated heterocycles. The van der Waals surface area contributed by atoms with Crippen LogP contribution >= 0.6 is 0 Å². The zero-order chi connectivity index (χ0) is 24.9. The van der Waals surface area contributed by atoms with Gasteiger partial charge in [-0.15, -0.1) is 0 Å². The van der Waals surface area contributed by atoms with Gasteiger partial charge in [0.25, 0.3) is 11.7 Å². The summed E-state index contributed by atoms with van der Waals surface area (Å²) in [6.07, 6.45) is 0.746. The number of likely N-dealkylation sites (tertiary alicyclic amines) is 1. The second-order valence-electron chi connectivity index (χ2n) is 8.71. The molecule has 0 bridgehead atoms. The lowest BCUT2D eigenvalue weighted by molar-refractivity contribution is -0.140. The Labute approximate surface area is 206 Å². The maximum absolute atomic E-state index is 13.2. The number of fused-ring (bicyclic) bond motifs is 1. The first-order valence-corrected chi connectivity index (χ1v) is 12.1. The minimum atomic E-state index is -0.644. The van der Waals surface area contributed by atoms with E-state index in [1.807, 2.05) is 60.7 Å². The van der Waals surface area contributed by atoms with Crippen LogP contribution in [0.1, 0.15) is 37.4 Å². The van der Waals surface area contributed by atoms with Gasteiger partial charge in [0.1, 0.15) is 11.5 Å². The molecule has 3 aromatic rings. The predicted octanol–water partition coefficient (Wildman–Crippen LogP) is 5.00. The van der Waals surface area contributed by atoms with Crippen LogP contribution in [0.3, 0.4) is 0 Å². The molecule has 1 N–H and O–H groups in total. The Hall–Kier alpha value is -3.64. The average Bonchev–Trinajstić information content (AvgIpc) is 3.15. The van der Waals surface area contributed by atoms with Gasteiger partial charge in [-0.25, -0.2) is 0 Å². The summed E-state index contributed by atoms with van der Waals surface area (Å²) in [7, 11) is 1.62. The summed E-state index contributed by atoms with van der Waals surface area (Å²) in [4.78, 5) is 30.3. The predicted molar refractivity (Wildman–Crippen MR) is 138 cm³/mol. The summed E-state index contributed by atoms with van der Waals surface area (Å²) in [6, 6.07) is 20.0. The summed E-state index contributed by atoms with van der Waals surface area (Å²) in [5.74, 6) is -0.616. The lowest BCUT2D eigenvalue weighted by Crippen LogP contribution is -2.33. The molecule has 182 valence electrons. The molecule has 1 fully saturated rings. The Balaban J connectivity index is 1.74. The van der Waals surface area contributed by atoms with E-state index in [1.165, 1.54) is 0 Å². The van der Waals surface area contributed by atoms with Gasteiger partial charge < -0.3 is 19.6 Å². The standard InChI is InChI=1S/C29H32N2O4/c1-4-30(5-2)16-9-17-31-26(20-10-7-6-8-11-20)25(28(33)29(31)34)27(32)23-13-12-22-19-24(35-3)15-14-21(22)18-23/h6-8,10-15,18-19,26,32H,4-5,9,16-17H2,1-3H3/b27-25+. The smallest absolute Gasteiger partial charge is 0.295 e. The number of ketones is 1. The van der Waals surface area contributed by atoms with E-state index in [0.717, 1.165) is 48.1 Å². The minimum absolute atomic E-state index is 0.136. The van der Waals surface area contributed by atoms with Crippen LogP contribution in [-0.4, -0.2) is 59.9 Å². The van der Waals surface area contributed by atoms with Crippen molar-refractivity contribution < 1.29 is 19.4 Å². The first-order chi connectivity index (χ1) is 17.0. The van der Waals surface area contributed by atoms with Gasteiger partial charge in [0, 0.05) is 12.1 Å². The second kappa shape index (κ2) is 10.7. The number of hydrogen-bond donors (Lipinski definition) is 1. The zero-order valence-electron chi connectivity index (χ0n) is 20.5. The molecule has 0 aromatic heterocycles. The number of benzene rings is 3. The quantitative estimate of drug-likeness (QED) is 0.270. The van der Waals surface area contributed by atoms with E-state index in [-0.39, 0.29) is 11.3 Å². The molecule has 0 radical (unpaired) electrons. The van der Waals surface area contributed by atoms with Crippen molar-refractivity contribution in [2.45, 2.75) is 26.3 Å². The maximum atomic E-state index is 13.2. The fourth-order valence-corrected chi connectivity index (χ4v) is 4.75. The molecular formula is C29H32N2O4. The van der Waals surface area contributed by atoms with Crippen LogP contribution in [-0.2, 0) is 9.59 Å². The van der Waals surface area contributed by atoms with Crippen LogP contribution in [0.15, 0.2) is 72.3 Å². The Bertz CT molecular complexity index is 1250. The molecular weight excluding hydrogens is 440 g/mol. The number of ether oxygens (including phenoxy) is 1. The summed E-state index contributed by atoms with van der Waals surface area (Å²) in [6.45, 7) is 7.37. The van der Waals surface area contributed by atoms with Gasteiger partial charge in [-0.3, -0.25) is 9.59 Å². The molecule has 6 heteroatoms. The fourth-order valence-electron chi connectivity index (χ4n) is 4.75. The number of nitrogens with zero attached hydrogens (tertiary/aromatic N) is 2. The number of aliphatic hydroxyl groups excluding tert-OH is 1. The Morgan fingerprint density at radius 2 is 1.66 bits per heavy atom. The van der Waals surface area contributed by atoms with Gasteiger partial charge in [-0.1, -0.05) is 62.4 Å². The highest BCUT2D eigenvalue weighted by atomic mass is 16.5. The fraction of sp³-hybridized carbons (Fsp3) is 0.310. The monoisotopic (exact) mass is 472 g/mol. The number of carbonyl (C=O) groups is 2. The Morgan fingerprint density at radius 3 is 2.34 bits per heavy atom. The Kier molecular flexibility index (Phi) is 7.51. The third-order valence-corrected chi connectivity index (χ3v) is 6.74. The van der Waals surface area contributed by atoms with E-state index in [1.54, 1.807) is 18.1 Å². The van der Waals surface area contributed by atoms with Crippen molar-refractivity contribution in [2.24, 2.45) is 0 Å². The highest BCUT2D eigenvalue weighted by molar-refractivity contribution is 6.46. The van der Waals surface area contributed by atoms with E-state index in [2.05, 4.69) is 18.7 Å². The van der Waals surface area contributed by atoms with Gasteiger partial charge in [-0.05, 0) is 60.6 Å². The molecule has 1 aliphatic rings. The zero-order valence-corrected chi connectivity index (χ0v) is 20.5. The maximum Gasteiger partial charge on any atom is 0.295 e. The third kappa shape index (κ3) is 4.93. The molecule has 3 aromatic carbocycles. The number of carbonyl (C=O) groups excluding carboxylic acids is 2. The van der Waals surface area contributed by atoms with Gasteiger partial charge >= 0.3 is 0 Å². The average molecular weight is 473 g/mol. The molecule has 1 aliphatic heterocycles. The molecule has 1 amide bonds. The SMILES string of the molecule is CCN(CC)CCCN1C(=O)C(=O)/C(=C(/O)c2ccc3cc(OC)ccc3c2)C1c1ccccc1. The summed E-state index contributed by atoms with van der Waals surface area (Å²) in [5, 5.41) is 13.2. The van der Waals surface area contributed by atoms with Crippen LogP contribution in [0.2, 0.25) is 0 Å². The van der Waals surface area contributed by atoms with Crippen molar-refractivity contribution in [2.75, 3.05) is 33.3 Å². The highest BCUT2D eigenvalue weighted by Gasteiger charge is 2.45. The van der Waals surface area contributed by atoms with E-state index in [4.69, 9.17) is 4.74 Å². The van der Waals surface area contributed by atoms with Gasteiger partial charge in [0.15, 0.2) is 0 Å². The molecule has 1 heterocycles. The minimum Gasteiger partial charge on any atom is -0.507 e. The van der Waals surface area contributed by atoms with Crippen molar-refractivity contribution in [3.8, 4) is 5.75 Å². The number of methoxy groups -OCH3 is 1.